The third-order valence-electron chi connectivity index (χ3n) is 11.8. The van der Waals surface area contributed by atoms with E-state index in [9.17, 15) is 0 Å². The lowest BCUT2D eigenvalue weighted by Gasteiger charge is -2.21. The van der Waals surface area contributed by atoms with Crippen molar-refractivity contribution < 1.29 is 4.42 Å². The summed E-state index contributed by atoms with van der Waals surface area (Å²) in [4.78, 5) is 15.5. The van der Waals surface area contributed by atoms with E-state index in [2.05, 4.69) is 184 Å². The van der Waals surface area contributed by atoms with Crippen molar-refractivity contribution in [2.75, 3.05) is 0 Å². The first-order chi connectivity index (χ1) is 28.5. The second-order valence-corrected chi connectivity index (χ2v) is 15.6. The zero-order valence-corrected chi connectivity index (χ0v) is 32.1. The number of hydrogen-bond donors (Lipinski definition) is 0. The first kappa shape index (κ1) is 33.9. The van der Waals surface area contributed by atoms with Crippen molar-refractivity contribution in [2.45, 2.75) is 19.3 Å². The molecule has 4 nitrogen and oxygen atoms in total. The molecule has 0 bridgehead atoms. The average Bonchev–Trinajstić information content (AvgIpc) is 3.78. The molecular formula is C54H37N3O. The number of rotatable bonds is 6. The summed E-state index contributed by atoms with van der Waals surface area (Å²) in [6.07, 6.45) is 0. The van der Waals surface area contributed by atoms with Crippen molar-refractivity contribution in [3.05, 3.63) is 199 Å². The van der Waals surface area contributed by atoms with E-state index in [1.807, 2.05) is 18.2 Å². The molecule has 0 fully saturated rings. The molecule has 11 rings (SSSR count). The molecule has 2 aromatic heterocycles. The zero-order valence-electron chi connectivity index (χ0n) is 32.1. The Morgan fingerprint density at radius 1 is 0.362 bits per heavy atom. The minimum absolute atomic E-state index is 0.0856. The molecule has 8 aromatic carbocycles. The van der Waals surface area contributed by atoms with Crippen LogP contribution in [0.2, 0.25) is 0 Å². The molecule has 1 aliphatic rings. The number of hydrogen-bond acceptors (Lipinski definition) is 4. The summed E-state index contributed by atoms with van der Waals surface area (Å²) in [6, 6.07) is 66.0. The summed E-state index contributed by atoms with van der Waals surface area (Å²) in [5.41, 5.74) is 16.5. The Bertz CT molecular complexity index is 3180. The van der Waals surface area contributed by atoms with Crippen LogP contribution in [0.4, 0.5) is 0 Å². The van der Waals surface area contributed by atoms with Gasteiger partial charge in [-0.15, -0.1) is 0 Å². The summed E-state index contributed by atoms with van der Waals surface area (Å²) in [6.45, 7) is 4.64. The molecule has 1 aliphatic carbocycles. The van der Waals surface area contributed by atoms with E-state index in [1.54, 1.807) is 0 Å². The molecule has 10 aromatic rings. The fourth-order valence-corrected chi connectivity index (χ4v) is 8.85. The van der Waals surface area contributed by atoms with Gasteiger partial charge in [0.25, 0.3) is 0 Å². The van der Waals surface area contributed by atoms with Crippen LogP contribution in [0.15, 0.2) is 192 Å². The van der Waals surface area contributed by atoms with E-state index in [-0.39, 0.29) is 5.41 Å². The first-order valence-corrected chi connectivity index (χ1v) is 19.8. The average molecular weight is 744 g/mol. The molecule has 274 valence electrons. The van der Waals surface area contributed by atoms with Crippen molar-refractivity contribution in [1.82, 2.24) is 15.0 Å². The van der Waals surface area contributed by atoms with Gasteiger partial charge in [-0.05, 0) is 79.9 Å². The molecule has 0 radical (unpaired) electrons. The first-order valence-electron chi connectivity index (χ1n) is 19.8. The number of fused-ring (bicyclic) bond motifs is 6. The van der Waals surface area contributed by atoms with Crippen molar-refractivity contribution in [1.29, 1.82) is 0 Å². The fraction of sp³-hybridized carbons (Fsp3) is 0.0556. The van der Waals surface area contributed by atoms with Crippen molar-refractivity contribution >= 4 is 21.9 Å². The van der Waals surface area contributed by atoms with E-state index in [1.165, 1.54) is 27.8 Å². The molecule has 2 heterocycles. The lowest BCUT2D eigenvalue weighted by Crippen LogP contribution is -2.14. The Kier molecular flexibility index (Phi) is 7.80. The molecule has 58 heavy (non-hydrogen) atoms. The number of furan rings is 1. The Balaban J connectivity index is 1.06. The lowest BCUT2D eigenvalue weighted by molar-refractivity contribution is 0.660. The summed E-state index contributed by atoms with van der Waals surface area (Å²) >= 11 is 0. The summed E-state index contributed by atoms with van der Waals surface area (Å²) in [7, 11) is 0. The van der Waals surface area contributed by atoms with Gasteiger partial charge >= 0.3 is 0 Å². The molecule has 0 spiro atoms. The summed E-state index contributed by atoms with van der Waals surface area (Å²) < 4.78 is 6.53. The van der Waals surface area contributed by atoms with Gasteiger partial charge in [0.2, 0.25) is 0 Å². The Morgan fingerprint density at radius 3 is 1.66 bits per heavy atom. The van der Waals surface area contributed by atoms with E-state index >= 15 is 0 Å². The van der Waals surface area contributed by atoms with Crippen molar-refractivity contribution in [3.8, 4) is 78.7 Å². The monoisotopic (exact) mass is 743 g/mol. The highest BCUT2D eigenvalue weighted by Gasteiger charge is 2.36. The van der Waals surface area contributed by atoms with Gasteiger partial charge in [0.1, 0.15) is 11.2 Å². The van der Waals surface area contributed by atoms with E-state index in [0.29, 0.717) is 17.5 Å². The van der Waals surface area contributed by atoms with E-state index in [4.69, 9.17) is 19.4 Å². The van der Waals surface area contributed by atoms with Crippen LogP contribution in [-0.4, -0.2) is 15.0 Å². The third kappa shape index (κ3) is 5.56. The Labute approximate surface area is 337 Å². The van der Waals surface area contributed by atoms with Crippen LogP contribution in [0.3, 0.4) is 0 Å². The topological polar surface area (TPSA) is 51.8 Å². The molecule has 0 N–H and O–H groups in total. The highest BCUT2D eigenvalue weighted by Crippen LogP contribution is 2.52. The van der Waals surface area contributed by atoms with Gasteiger partial charge in [-0.1, -0.05) is 178 Å². The van der Waals surface area contributed by atoms with Gasteiger partial charge in [0.15, 0.2) is 17.5 Å². The number of aromatic nitrogens is 3. The van der Waals surface area contributed by atoms with E-state index < -0.39 is 0 Å². The normalized spacial score (nSPS) is 12.8. The van der Waals surface area contributed by atoms with Crippen molar-refractivity contribution in [2.24, 2.45) is 0 Å². The maximum Gasteiger partial charge on any atom is 0.164 e. The van der Waals surface area contributed by atoms with E-state index in [0.717, 1.165) is 66.4 Å². The molecule has 4 heteroatoms. The highest BCUT2D eigenvalue weighted by molar-refractivity contribution is 6.13. The number of benzene rings is 8. The maximum atomic E-state index is 6.53. The minimum atomic E-state index is -0.0856. The highest BCUT2D eigenvalue weighted by atomic mass is 16.3. The predicted octanol–water partition coefficient (Wildman–Crippen LogP) is 14.1. The maximum absolute atomic E-state index is 6.53. The predicted molar refractivity (Wildman–Crippen MR) is 237 cm³/mol. The van der Waals surface area contributed by atoms with Crippen LogP contribution in [0.25, 0.3) is 101 Å². The molecule has 0 unspecified atom stereocenters. The fourth-order valence-electron chi connectivity index (χ4n) is 8.85. The summed E-state index contributed by atoms with van der Waals surface area (Å²) in [5.74, 6) is 1.80. The Hall–Kier alpha value is -7.43. The van der Waals surface area contributed by atoms with Crippen LogP contribution in [-0.2, 0) is 5.41 Å². The molecule has 0 amide bonds. The second-order valence-electron chi connectivity index (χ2n) is 15.6. The lowest BCUT2D eigenvalue weighted by atomic mass is 9.82. The molecule has 0 aliphatic heterocycles. The molecular weight excluding hydrogens is 707 g/mol. The van der Waals surface area contributed by atoms with Crippen LogP contribution < -0.4 is 0 Å². The number of nitrogens with zero attached hydrogens (tertiary/aromatic N) is 3. The molecule has 0 saturated heterocycles. The van der Waals surface area contributed by atoms with Crippen molar-refractivity contribution in [3.63, 3.8) is 0 Å². The second kappa shape index (κ2) is 13.4. The van der Waals surface area contributed by atoms with Crippen LogP contribution in [0, 0.1) is 0 Å². The van der Waals surface area contributed by atoms with Gasteiger partial charge in [-0.3, -0.25) is 0 Å². The van der Waals surface area contributed by atoms with Gasteiger partial charge in [-0.2, -0.15) is 0 Å². The SMILES string of the molecule is CC1(C)c2ccccc2-c2c(-c3cccc(-c4nc(-c5ccc(-c6ccccc6)cc5)nc(-c5ccc6c(c5)oc5cccc(-c7ccccc7)c56)n4)c3)cccc21. The van der Waals surface area contributed by atoms with Gasteiger partial charge in [0, 0.05) is 32.9 Å². The molecule has 0 saturated carbocycles. The van der Waals surface area contributed by atoms with Crippen LogP contribution in [0.5, 0.6) is 0 Å². The standard InChI is InChI=1S/C54H37N3O/c1-54(2)45-23-10-9-20-43(45)49-42(21-12-24-46(49)54)38-18-11-19-39(32-38)52-55-51(37-28-26-35(27-29-37)34-14-5-3-6-15-34)56-53(57-52)40-30-31-44-48(33-40)58-47-25-13-22-41(50(44)47)36-16-7-4-8-17-36/h3-33H,1-2H3. The third-order valence-corrected chi connectivity index (χ3v) is 11.8. The summed E-state index contributed by atoms with van der Waals surface area (Å²) in [5, 5.41) is 2.15. The van der Waals surface area contributed by atoms with Gasteiger partial charge < -0.3 is 4.42 Å². The smallest absolute Gasteiger partial charge is 0.164 e. The van der Waals surface area contributed by atoms with Gasteiger partial charge in [0.05, 0.1) is 0 Å². The quantitative estimate of drug-likeness (QED) is 0.170. The van der Waals surface area contributed by atoms with Crippen LogP contribution in [0.1, 0.15) is 25.0 Å². The largest absolute Gasteiger partial charge is 0.456 e. The molecule has 0 atom stereocenters. The van der Waals surface area contributed by atoms with Crippen LogP contribution >= 0.6 is 0 Å². The zero-order chi connectivity index (χ0) is 38.8. The van der Waals surface area contributed by atoms with Gasteiger partial charge in [-0.25, -0.2) is 15.0 Å². The Morgan fingerprint density at radius 2 is 0.879 bits per heavy atom. The minimum Gasteiger partial charge on any atom is -0.456 e.